The van der Waals surface area contributed by atoms with Crippen LogP contribution >= 0.6 is 0 Å². The third-order valence-electron chi connectivity index (χ3n) is 5.25. The van der Waals surface area contributed by atoms with Gasteiger partial charge in [-0.3, -0.25) is 4.90 Å². The number of benzene rings is 1. The zero-order valence-electron chi connectivity index (χ0n) is 15.6. The van der Waals surface area contributed by atoms with Crippen LogP contribution in [0.2, 0.25) is 0 Å². The highest BCUT2D eigenvalue weighted by Crippen LogP contribution is 2.26. The predicted octanol–water partition coefficient (Wildman–Crippen LogP) is 3.15. The van der Waals surface area contributed by atoms with Crippen LogP contribution in [0.15, 0.2) is 22.6 Å². The Labute approximate surface area is 150 Å². The first-order chi connectivity index (χ1) is 11.7. The van der Waals surface area contributed by atoms with E-state index in [9.17, 15) is 8.42 Å². The molecule has 1 aliphatic rings. The van der Waals surface area contributed by atoms with Crippen LogP contribution < -0.4 is 0 Å². The molecule has 5 nitrogen and oxygen atoms in total. The molecule has 1 unspecified atom stereocenters. The molecule has 25 heavy (non-hydrogen) atoms. The average molecular weight is 365 g/mol. The maximum Gasteiger partial charge on any atom is 0.210 e. The number of likely N-dealkylation sites (tertiary alicyclic amines) is 1. The molecule has 1 aromatic carbocycles. The zero-order valence-corrected chi connectivity index (χ0v) is 16.4. The van der Waals surface area contributed by atoms with E-state index in [1.807, 2.05) is 0 Å². The molecule has 0 N–H and O–H groups in total. The Morgan fingerprint density at radius 1 is 1.24 bits per heavy atom. The Balaban J connectivity index is 1.66. The van der Waals surface area contributed by atoms with Gasteiger partial charge in [0.25, 0.3) is 0 Å². The summed E-state index contributed by atoms with van der Waals surface area (Å²) < 4.78 is 30.8. The van der Waals surface area contributed by atoms with Gasteiger partial charge in [0.2, 0.25) is 10.0 Å². The maximum atomic E-state index is 11.6. The van der Waals surface area contributed by atoms with Crippen molar-refractivity contribution in [1.29, 1.82) is 0 Å². The molecule has 1 fully saturated rings. The second-order valence-corrected chi connectivity index (χ2v) is 9.56. The number of rotatable bonds is 5. The molecule has 2 aromatic rings. The van der Waals surface area contributed by atoms with Crippen LogP contribution in [0.4, 0.5) is 0 Å². The fourth-order valence-corrected chi connectivity index (χ4v) is 4.08. The average Bonchev–Trinajstić information content (AvgIpc) is 2.88. The number of sulfonamides is 1. The molecule has 2 heterocycles. The van der Waals surface area contributed by atoms with Gasteiger partial charge in [-0.25, -0.2) is 12.7 Å². The molecule has 6 heteroatoms. The summed E-state index contributed by atoms with van der Waals surface area (Å²) in [6.07, 6.45) is 3.45. The highest BCUT2D eigenvalue weighted by molar-refractivity contribution is 7.88. The summed E-state index contributed by atoms with van der Waals surface area (Å²) in [6.45, 7) is 7.54. The first-order valence-corrected chi connectivity index (χ1v) is 10.7. The number of piperidine rings is 1. The fourth-order valence-electron chi connectivity index (χ4n) is 3.60. The Bertz CT molecular complexity index is 818. The van der Waals surface area contributed by atoms with Crippen LogP contribution in [0.1, 0.15) is 29.7 Å². The van der Waals surface area contributed by atoms with Crippen molar-refractivity contribution >= 4 is 21.0 Å². The zero-order chi connectivity index (χ0) is 18.2. The summed E-state index contributed by atoms with van der Waals surface area (Å²) in [7, 11) is -1.44. The van der Waals surface area contributed by atoms with E-state index in [0.717, 1.165) is 49.2 Å². The van der Waals surface area contributed by atoms with E-state index in [1.54, 1.807) is 7.05 Å². The lowest BCUT2D eigenvalue weighted by molar-refractivity contribution is 0.147. The maximum absolute atomic E-state index is 11.6. The second-order valence-electron chi connectivity index (χ2n) is 7.47. The normalized spacial score (nSPS) is 19.8. The lowest BCUT2D eigenvalue weighted by Gasteiger charge is -2.33. The standard InChI is InChI=1S/C19H28N2O3S/c1-14-8-17-10-18(24-19(17)9-15(14)2)13-21-7-5-6-16(12-21)11-20(3)25(4,22)23/h8-10,16H,5-7,11-13H2,1-4H3. The van der Waals surface area contributed by atoms with Crippen LogP contribution in [0.5, 0.6) is 0 Å². The third kappa shape index (κ3) is 4.43. The summed E-state index contributed by atoms with van der Waals surface area (Å²) >= 11 is 0. The Kier molecular flexibility index (Phi) is 5.23. The van der Waals surface area contributed by atoms with Gasteiger partial charge >= 0.3 is 0 Å². The minimum absolute atomic E-state index is 0.377. The number of hydrogen-bond acceptors (Lipinski definition) is 4. The van der Waals surface area contributed by atoms with Gasteiger partial charge in [-0.15, -0.1) is 0 Å². The van der Waals surface area contributed by atoms with Gasteiger partial charge in [-0.1, -0.05) is 0 Å². The van der Waals surface area contributed by atoms with E-state index in [2.05, 4.69) is 36.9 Å². The lowest BCUT2D eigenvalue weighted by Crippen LogP contribution is -2.40. The van der Waals surface area contributed by atoms with Crippen LogP contribution in [0.3, 0.4) is 0 Å². The quantitative estimate of drug-likeness (QED) is 0.818. The Hall–Kier alpha value is -1.37. The summed E-state index contributed by atoms with van der Waals surface area (Å²) in [6, 6.07) is 6.42. The van der Waals surface area contributed by atoms with Crippen LogP contribution in [0, 0.1) is 19.8 Å². The van der Waals surface area contributed by atoms with E-state index in [4.69, 9.17) is 4.42 Å². The smallest absolute Gasteiger partial charge is 0.210 e. The molecule has 0 spiro atoms. The topological polar surface area (TPSA) is 53.8 Å². The molecule has 1 atom stereocenters. The fraction of sp³-hybridized carbons (Fsp3) is 0.579. The number of nitrogens with zero attached hydrogens (tertiary/aromatic N) is 2. The minimum atomic E-state index is -3.11. The van der Waals surface area contributed by atoms with E-state index in [-0.39, 0.29) is 0 Å². The van der Waals surface area contributed by atoms with Crippen LogP contribution in [-0.2, 0) is 16.6 Å². The van der Waals surface area contributed by atoms with Gasteiger partial charge in [0.1, 0.15) is 11.3 Å². The van der Waals surface area contributed by atoms with Gasteiger partial charge in [-0.2, -0.15) is 0 Å². The predicted molar refractivity (Wildman–Crippen MR) is 101 cm³/mol. The molecule has 0 radical (unpaired) electrons. The van der Waals surface area contributed by atoms with Gasteiger partial charge in [-0.05, 0) is 68.5 Å². The first-order valence-electron chi connectivity index (χ1n) is 8.85. The van der Waals surface area contributed by atoms with Crippen molar-refractivity contribution in [3.63, 3.8) is 0 Å². The van der Waals surface area contributed by atoms with E-state index in [1.165, 1.54) is 21.7 Å². The SMILES string of the molecule is Cc1cc2cc(CN3CCCC(CN(C)S(C)(=O)=O)C3)oc2cc1C. The summed E-state index contributed by atoms with van der Waals surface area (Å²) in [5.41, 5.74) is 3.47. The second kappa shape index (κ2) is 7.09. The molecule has 138 valence electrons. The molecule has 1 saturated heterocycles. The highest BCUT2D eigenvalue weighted by atomic mass is 32.2. The number of hydrogen-bond donors (Lipinski definition) is 0. The summed E-state index contributed by atoms with van der Waals surface area (Å²) in [5, 5.41) is 1.16. The van der Waals surface area contributed by atoms with Crippen molar-refractivity contribution in [2.75, 3.05) is 32.9 Å². The summed E-state index contributed by atoms with van der Waals surface area (Å²) in [4.78, 5) is 2.38. The molecular formula is C19H28N2O3S. The molecule has 1 aliphatic heterocycles. The molecule has 0 aliphatic carbocycles. The monoisotopic (exact) mass is 364 g/mol. The van der Waals surface area contributed by atoms with E-state index >= 15 is 0 Å². The Morgan fingerprint density at radius 2 is 1.96 bits per heavy atom. The minimum Gasteiger partial charge on any atom is -0.460 e. The van der Waals surface area contributed by atoms with Crippen LogP contribution in [0.25, 0.3) is 11.0 Å². The van der Waals surface area contributed by atoms with Crippen molar-refractivity contribution in [3.8, 4) is 0 Å². The molecule has 0 amide bonds. The largest absolute Gasteiger partial charge is 0.460 e. The van der Waals surface area contributed by atoms with Crippen LogP contribution in [-0.4, -0.2) is 50.6 Å². The van der Waals surface area contributed by atoms with Gasteiger partial charge in [0, 0.05) is 25.5 Å². The van der Waals surface area contributed by atoms with Crippen molar-refractivity contribution in [1.82, 2.24) is 9.21 Å². The van der Waals surface area contributed by atoms with Crippen molar-refractivity contribution in [2.24, 2.45) is 5.92 Å². The van der Waals surface area contributed by atoms with Crippen molar-refractivity contribution in [3.05, 3.63) is 35.1 Å². The third-order valence-corrected chi connectivity index (χ3v) is 6.53. The first kappa shape index (κ1) is 18.4. The molecule has 1 aromatic heterocycles. The van der Waals surface area contributed by atoms with Gasteiger partial charge < -0.3 is 4.42 Å². The Morgan fingerprint density at radius 3 is 2.68 bits per heavy atom. The number of aryl methyl sites for hydroxylation is 2. The van der Waals surface area contributed by atoms with Gasteiger partial charge in [0.05, 0.1) is 12.8 Å². The molecular weight excluding hydrogens is 336 g/mol. The van der Waals surface area contributed by atoms with Crippen molar-refractivity contribution < 1.29 is 12.8 Å². The van der Waals surface area contributed by atoms with Gasteiger partial charge in [0.15, 0.2) is 0 Å². The van der Waals surface area contributed by atoms with E-state index < -0.39 is 10.0 Å². The van der Waals surface area contributed by atoms with E-state index in [0.29, 0.717) is 12.5 Å². The lowest BCUT2D eigenvalue weighted by atomic mass is 9.98. The number of furan rings is 1. The number of fused-ring (bicyclic) bond motifs is 1. The highest BCUT2D eigenvalue weighted by Gasteiger charge is 2.24. The molecule has 0 bridgehead atoms. The molecule has 3 rings (SSSR count). The van der Waals surface area contributed by atoms with Crippen molar-refractivity contribution in [2.45, 2.75) is 33.2 Å². The molecule has 0 saturated carbocycles. The summed E-state index contributed by atoms with van der Waals surface area (Å²) in [5.74, 6) is 1.36.